The lowest BCUT2D eigenvalue weighted by molar-refractivity contribution is -0.143. The molecule has 0 saturated heterocycles. The number of esters is 1. The fourth-order valence-electron chi connectivity index (χ4n) is 2.12. The summed E-state index contributed by atoms with van der Waals surface area (Å²) in [6.45, 7) is 6.69. The minimum Gasteiger partial charge on any atom is -0.465 e. The molecule has 0 N–H and O–H groups in total. The van der Waals surface area contributed by atoms with Gasteiger partial charge in [0.1, 0.15) is 5.76 Å². The van der Waals surface area contributed by atoms with Gasteiger partial charge in [-0.25, -0.2) is 4.99 Å². The number of carbonyl (C=O) groups excluding carboxylic acids is 1. The van der Waals surface area contributed by atoms with Gasteiger partial charge in [-0.2, -0.15) is 0 Å². The Labute approximate surface area is 140 Å². The number of hydrogen-bond donors (Lipinski definition) is 0. The third kappa shape index (κ3) is 6.02. The van der Waals surface area contributed by atoms with Gasteiger partial charge in [0.25, 0.3) is 4.87 Å². The third-order valence-corrected chi connectivity index (χ3v) is 4.13. The first kappa shape index (κ1) is 17.5. The summed E-state index contributed by atoms with van der Waals surface area (Å²) in [6, 6.07) is 7.58. The van der Waals surface area contributed by atoms with Crippen LogP contribution in [0.4, 0.5) is 5.69 Å². The molecule has 124 valence electrons. The van der Waals surface area contributed by atoms with Crippen molar-refractivity contribution >= 4 is 23.0 Å². The molecule has 0 aliphatic rings. The van der Waals surface area contributed by atoms with Gasteiger partial charge in [0.05, 0.1) is 18.7 Å². The largest absolute Gasteiger partial charge is 0.465 e. The van der Waals surface area contributed by atoms with Gasteiger partial charge in [-0.05, 0) is 37.3 Å². The molecule has 0 radical (unpaired) electrons. The van der Waals surface area contributed by atoms with Crippen LogP contribution in [0, 0.1) is 12.8 Å². The minimum atomic E-state index is -0.212. The zero-order valence-electron chi connectivity index (χ0n) is 13.9. The summed E-state index contributed by atoms with van der Waals surface area (Å²) in [7, 11) is 0. The summed E-state index contributed by atoms with van der Waals surface area (Å²) in [6.07, 6.45) is 2.20. The lowest BCUT2D eigenvalue weighted by Gasteiger charge is -2.07. The van der Waals surface area contributed by atoms with Crippen molar-refractivity contribution in [3.05, 3.63) is 45.8 Å². The number of hydrogen-bond acceptors (Lipinski definition) is 5. The highest BCUT2D eigenvalue weighted by Crippen LogP contribution is 2.19. The van der Waals surface area contributed by atoms with Crippen molar-refractivity contribution in [2.45, 2.75) is 40.0 Å². The number of para-hydroxylation sites is 1. The average molecular weight is 333 g/mol. The van der Waals surface area contributed by atoms with E-state index in [1.165, 1.54) is 11.3 Å². The van der Waals surface area contributed by atoms with Gasteiger partial charge in [0.15, 0.2) is 0 Å². The fraction of sp³-hybridized carbons (Fsp3) is 0.444. The second kappa shape index (κ2) is 8.67. The predicted molar refractivity (Wildman–Crippen MR) is 91.7 cm³/mol. The molecular formula is C18H23NO3S. The smallest absolute Gasteiger partial charge is 0.310 e. The molecule has 0 bridgehead atoms. The van der Waals surface area contributed by atoms with E-state index in [0.29, 0.717) is 17.4 Å². The van der Waals surface area contributed by atoms with E-state index in [4.69, 9.17) is 9.15 Å². The van der Waals surface area contributed by atoms with Gasteiger partial charge in [-0.15, -0.1) is 0 Å². The number of carbonyl (C=O) groups is 1. The van der Waals surface area contributed by atoms with Gasteiger partial charge >= 0.3 is 5.97 Å². The Morgan fingerprint density at radius 2 is 2.13 bits per heavy atom. The third-order valence-electron chi connectivity index (χ3n) is 3.30. The molecule has 2 aromatic rings. The Balaban J connectivity index is 1.99. The van der Waals surface area contributed by atoms with Crippen LogP contribution in [0.2, 0.25) is 0 Å². The standard InChI is InChI=1S/C18H23NO3S/c1-13(2)7-6-10-21-17(20)11-15-8-4-5-9-16(15)19-18-22-14(3)12-23-18/h4-5,8-9,12-13H,6-7,10-11H2,1-3H3. The second-order valence-electron chi connectivity index (χ2n) is 5.89. The van der Waals surface area contributed by atoms with Crippen LogP contribution in [0.5, 0.6) is 0 Å². The summed E-state index contributed by atoms with van der Waals surface area (Å²) in [5, 5.41) is 1.91. The fourth-order valence-corrected chi connectivity index (χ4v) is 2.77. The lowest BCUT2D eigenvalue weighted by atomic mass is 10.1. The van der Waals surface area contributed by atoms with Crippen molar-refractivity contribution in [2.24, 2.45) is 10.9 Å². The number of benzene rings is 1. The Hall–Kier alpha value is -1.88. The van der Waals surface area contributed by atoms with Gasteiger partial charge in [-0.1, -0.05) is 43.4 Å². The van der Waals surface area contributed by atoms with E-state index >= 15 is 0 Å². The van der Waals surface area contributed by atoms with Crippen LogP contribution in [-0.2, 0) is 16.0 Å². The molecule has 0 aliphatic heterocycles. The van der Waals surface area contributed by atoms with E-state index in [1.54, 1.807) is 0 Å². The lowest BCUT2D eigenvalue weighted by Crippen LogP contribution is -2.10. The second-order valence-corrected chi connectivity index (χ2v) is 6.71. The molecule has 0 atom stereocenters. The average Bonchev–Trinajstić information content (AvgIpc) is 2.91. The SMILES string of the molecule is Cc1csc(=Nc2ccccc2CC(=O)OCCCC(C)C)o1. The van der Waals surface area contributed by atoms with Crippen LogP contribution in [0.15, 0.2) is 39.1 Å². The molecule has 1 heterocycles. The summed E-state index contributed by atoms with van der Waals surface area (Å²) < 4.78 is 10.8. The molecule has 0 amide bonds. The van der Waals surface area contributed by atoms with Crippen LogP contribution in [0.1, 0.15) is 38.0 Å². The maximum atomic E-state index is 12.0. The highest BCUT2D eigenvalue weighted by Gasteiger charge is 2.09. The molecule has 23 heavy (non-hydrogen) atoms. The van der Waals surface area contributed by atoms with Crippen molar-refractivity contribution in [3.63, 3.8) is 0 Å². The summed E-state index contributed by atoms with van der Waals surface area (Å²) >= 11 is 1.44. The van der Waals surface area contributed by atoms with E-state index in [1.807, 2.05) is 36.6 Å². The molecule has 0 aliphatic carbocycles. The topological polar surface area (TPSA) is 51.8 Å². The zero-order chi connectivity index (χ0) is 16.7. The van der Waals surface area contributed by atoms with E-state index in [0.717, 1.165) is 29.9 Å². The van der Waals surface area contributed by atoms with E-state index in [9.17, 15) is 4.79 Å². The predicted octanol–water partition coefficient (Wildman–Crippen LogP) is 4.40. The van der Waals surface area contributed by atoms with Gasteiger partial charge in [0, 0.05) is 5.38 Å². The van der Waals surface area contributed by atoms with Crippen molar-refractivity contribution in [2.75, 3.05) is 6.61 Å². The molecular weight excluding hydrogens is 310 g/mol. The van der Waals surface area contributed by atoms with Crippen molar-refractivity contribution in [1.29, 1.82) is 0 Å². The highest BCUT2D eigenvalue weighted by molar-refractivity contribution is 7.06. The number of aryl methyl sites for hydroxylation is 1. The maximum Gasteiger partial charge on any atom is 0.310 e. The Morgan fingerprint density at radius 3 is 2.83 bits per heavy atom. The highest BCUT2D eigenvalue weighted by atomic mass is 32.1. The van der Waals surface area contributed by atoms with Crippen molar-refractivity contribution < 1.29 is 13.9 Å². The molecule has 1 aromatic carbocycles. The van der Waals surface area contributed by atoms with E-state index < -0.39 is 0 Å². The Morgan fingerprint density at radius 1 is 1.35 bits per heavy atom. The first-order valence-corrected chi connectivity index (χ1v) is 8.76. The van der Waals surface area contributed by atoms with Crippen LogP contribution in [0.25, 0.3) is 0 Å². The summed E-state index contributed by atoms with van der Waals surface area (Å²) in [5.74, 6) is 1.25. The molecule has 0 fully saturated rings. The molecule has 0 spiro atoms. The molecule has 4 nitrogen and oxygen atoms in total. The van der Waals surface area contributed by atoms with Crippen LogP contribution in [0.3, 0.4) is 0 Å². The maximum absolute atomic E-state index is 12.0. The monoisotopic (exact) mass is 333 g/mol. The van der Waals surface area contributed by atoms with Gasteiger partial charge < -0.3 is 9.15 Å². The first-order chi connectivity index (χ1) is 11.0. The minimum absolute atomic E-state index is 0.212. The summed E-state index contributed by atoms with van der Waals surface area (Å²) in [5.41, 5.74) is 1.60. The quantitative estimate of drug-likeness (QED) is 0.557. The number of rotatable bonds is 7. The van der Waals surface area contributed by atoms with E-state index in [-0.39, 0.29) is 12.4 Å². The molecule has 2 rings (SSSR count). The van der Waals surface area contributed by atoms with Crippen molar-refractivity contribution in [3.8, 4) is 0 Å². The molecule has 1 aromatic heterocycles. The van der Waals surface area contributed by atoms with Gasteiger partial charge in [0.2, 0.25) is 0 Å². The Kier molecular flexibility index (Phi) is 6.59. The first-order valence-electron chi connectivity index (χ1n) is 7.88. The zero-order valence-corrected chi connectivity index (χ0v) is 14.7. The normalized spacial score (nSPS) is 11.9. The number of ether oxygens (including phenoxy) is 1. The van der Waals surface area contributed by atoms with Crippen molar-refractivity contribution in [1.82, 2.24) is 0 Å². The van der Waals surface area contributed by atoms with Crippen LogP contribution >= 0.6 is 11.3 Å². The molecule has 0 saturated carbocycles. The van der Waals surface area contributed by atoms with Crippen LogP contribution in [-0.4, -0.2) is 12.6 Å². The number of nitrogens with zero attached hydrogens (tertiary/aromatic N) is 1. The molecule has 0 unspecified atom stereocenters. The molecule has 5 heteroatoms. The Bertz CT molecular complexity index is 700. The van der Waals surface area contributed by atoms with Crippen LogP contribution < -0.4 is 4.87 Å². The summed E-state index contributed by atoms with van der Waals surface area (Å²) in [4.78, 5) is 17.0. The van der Waals surface area contributed by atoms with E-state index in [2.05, 4.69) is 18.8 Å². The van der Waals surface area contributed by atoms with Gasteiger partial charge in [-0.3, -0.25) is 4.79 Å².